The Kier molecular flexibility index (Phi) is 5.51. The lowest BCUT2D eigenvalue weighted by molar-refractivity contribution is 0.121. The second kappa shape index (κ2) is 5.56. The normalized spacial score (nSPS) is 16.4. The van der Waals surface area contributed by atoms with E-state index < -0.39 is 0 Å². The van der Waals surface area contributed by atoms with Crippen LogP contribution in [0.5, 0.6) is 0 Å². The van der Waals surface area contributed by atoms with Gasteiger partial charge in [-0.1, -0.05) is 6.92 Å². The Bertz CT molecular complexity index is 89.6. The molecule has 0 heterocycles. The molecule has 1 unspecified atom stereocenters. The maximum atomic E-state index is 5.29. The SMILES string of the molecule is CCOCCC(C)(CC)NC. The van der Waals surface area contributed by atoms with Crippen molar-refractivity contribution in [1.29, 1.82) is 0 Å². The molecule has 2 heteroatoms. The minimum Gasteiger partial charge on any atom is -0.382 e. The fraction of sp³-hybridized carbons (Fsp3) is 1.00. The van der Waals surface area contributed by atoms with Crippen LogP contribution >= 0.6 is 0 Å². The molecule has 0 aromatic carbocycles. The number of rotatable bonds is 6. The van der Waals surface area contributed by atoms with Crippen molar-refractivity contribution in [2.75, 3.05) is 20.3 Å². The Balaban J connectivity index is 3.51. The van der Waals surface area contributed by atoms with E-state index in [-0.39, 0.29) is 5.54 Å². The van der Waals surface area contributed by atoms with Crippen molar-refractivity contribution >= 4 is 0 Å². The molecule has 0 spiro atoms. The fourth-order valence-electron chi connectivity index (χ4n) is 0.920. The van der Waals surface area contributed by atoms with Crippen molar-refractivity contribution in [3.05, 3.63) is 0 Å². The minimum absolute atomic E-state index is 0.259. The van der Waals surface area contributed by atoms with E-state index >= 15 is 0 Å². The summed E-state index contributed by atoms with van der Waals surface area (Å²) < 4.78 is 5.29. The van der Waals surface area contributed by atoms with Crippen molar-refractivity contribution in [1.82, 2.24) is 5.32 Å². The van der Waals surface area contributed by atoms with Gasteiger partial charge in [-0.3, -0.25) is 0 Å². The van der Waals surface area contributed by atoms with E-state index in [1.54, 1.807) is 0 Å². The predicted octanol–water partition coefficient (Wildman–Crippen LogP) is 1.80. The van der Waals surface area contributed by atoms with Crippen LogP contribution in [0.25, 0.3) is 0 Å². The molecule has 0 rings (SSSR count). The summed E-state index contributed by atoms with van der Waals surface area (Å²) >= 11 is 0. The van der Waals surface area contributed by atoms with Crippen LogP contribution in [0.4, 0.5) is 0 Å². The molecule has 0 aliphatic carbocycles. The number of ether oxygens (including phenoxy) is 1. The zero-order valence-electron chi connectivity index (χ0n) is 8.24. The molecular weight excluding hydrogens is 138 g/mol. The van der Waals surface area contributed by atoms with Crippen LogP contribution in [-0.2, 0) is 4.74 Å². The summed E-state index contributed by atoms with van der Waals surface area (Å²) in [6.07, 6.45) is 2.24. The molecule has 0 aromatic heterocycles. The molecule has 11 heavy (non-hydrogen) atoms. The Labute approximate surface area is 70.3 Å². The molecule has 0 aromatic rings. The maximum absolute atomic E-state index is 5.29. The number of nitrogens with one attached hydrogen (secondary N) is 1. The van der Waals surface area contributed by atoms with Gasteiger partial charge in [-0.05, 0) is 33.7 Å². The topological polar surface area (TPSA) is 21.3 Å². The second-order valence-corrected chi connectivity index (χ2v) is 3.11. The Morgan fingerprint density at radius 1 is 1.36 bits per heavy atom. The van der Waals surface area contributed by atoms with Crippen molar-refractivity contribution in [3.63, 3.8) is 0 Å². The molecule has 0 bridgehead atoms. The van der Waals surface area contributed by atoms with E-state index in [0.29, 0.717) is 0 Å². The van der Waals surface area contributed by atoms with Crippen LogP contribution in [-0.4, -0.2) is 25.8 Å². The zero-order valence-corrected chi connectivity index (χ0v) is 8.24. The third-order valence-corrected chi connectivity index (χ3v) is 2.39. The van der Waals surface area contributed by atoms with Gasteiger partial charge in [-0.15, -0.1) is 0 Å². The van der Waals surface area contributed by atoms with E-state index in [9.17, 15) is 0 Å². The zero-order chi connectivity index (χ0) is 8.74. The molecule has 0 fully saturated rings. The lowest BCUT2D eigenvalue weighted by atomic mass is 9.95. The van der Waals surface area contributed by atoms with Crippen LogP contribution < -0.4 is 5.32 Å². The minimum atomic E-state index is 0.259. The Hall–Kier alpha value is -0.0800. The third-order valence-electron chi connectivity index (χ3n) is 2.39. The number of hydrogen-bond acceptors (Lipinski definition) is 2. The molecule has 0 saturated heterocycles. The van der Waals surface area contributed by atoms with Crippen molar-refractivity contribution in [2.24, 2.45) is 0 Å². The fourth-order valence-corrected chi connectivity index (χ4v) is 0.920. The molecule has 0 aliphatic heterocycles. The van der Waals surface area contributed by atoms with Gasteiger partial charge in [-0.25, -0.2) is 0 Å². The summed E-state index contributed by atoms with van der Waals surface area (Å²) in [5, 5.41) is 3.31. The molecule has 2 nitrogen and oxygen atoms in total. The number of hydrogen-bond donors (Lipinski definition) is 1. The first kappa shape index (κ1) is 10.9. The molecule has 0 radical (unpaired) electrons. The van der Waals surface area contributed by atoms with Crippen molar-refractivity contribution in [3.8, 4) is 0 Å². The summed E-state index contributed by atoms with van der Waals surface area (Å²) in [5.41, 5.74) is 0.259. The molecular formula is C9H21NO. The molecule has 0 saturated carbocycles. The predicted molar refractivity (Wildman–Crippen MR) is 48.9 cm³/mol. The lowest BCUT2D eigenvalue weighted by Crippen LogP contribution is -2.40. The highest BCUT2D eigenvalue weighted by Gasteiger charge is 2.17. The summed E-state index contributed by atoms with van der Waals surface area (Å²) in [4.78, 5) is 0. The quantitative estimate of drug-likeness (QED) is 0.597. The van der Waals surface area contributed by atoms with Crippen LogP contribution in [0.3, 0.4) is 0 Å². The Morgan fingerprint density at radius 3 is 2.36 bits per heavy atom. The molecule has 1 atom stereocenters. The molecule has 1 N–H and O–H groups in total. The van der Waals surface area contributed by atoms with Crippen LogP contribution in [0, 0.1) is 0 Å². The van der Waals surface area contributed by atoms with Crippen molar-refractivity contribution in [2.45, 2.75) is 39.2 Å². The first-order chi connectivity index (χ1) is 5.18. The monoisotopic (exact) mass is 159 g/mol. The lowest BCUT2D eigenvalue weighted by Gasteiger charge is -2.27. The largest absolute Gasteiger partial charge is 0.382 e. The summed E-state index contributed by atoms with van der Waals surface area (Å²) in [7, 11) is 2.01. The van der Waals surface area contributed by atoms with E-state index in [1.165, 1.54) is 0 Å². The van der Waals surface area contributed by atoms with Gasteiger partial charge in [0.05, 0.1) is 0 Å². The highest BCUT2D eigenvalue weighted by Crippen LogP contribution is 2.12. The van der Waals surface area contributed by atoms with Crippen molar-refractivity contribution < 1.29 is 4.74 Å². The van der Waals surface area contributed by atoms with E-state index in [1.807, 2.05) is 14.0 Å². The highest BCUT2D eigenvalue weighted by molar-refractivity contribution is 4.78. The highest BCUT2D eigenvalue weighted by atomic mass is 16.5. The van der Waals surface area contributed by atoms with Gasteiger partial charge in [0.2, 0.25) is 0 Å². The smallest absolute Gasteiger partial charge is 0.0483 e. The van der Waals surface area contributed by atoms with Crippen LogP contribution in [0.2, 0.25) is 0 Å². The van der Waals surface area contributed by atoms with Gasteiger partial charge >= 0.3 is 0 Å². The average Bonchev–Trinajstić information content (AvgIpc) is 2.05. The van der Waals surface area contributed by atoms with E-state index in [4.69, 9.17) is 4.74 Å². The van der Waals surface area contributed by atoms with Crippen LogP contribution in [0.1, 0.15) is 33.6 Å². The van der Waals surface area contributed by atoms with E-state index in [0.717, 1.165) is 26.1 Å². The summed E-state index contributed by atoms with van der Waals surface area (Å²) in [6.45, 7) is 8.14. The van der Waals surface area contributed by atoms with Gasteiger partial charge in [0, 0.05) is 18.8 Å². The Morgan fingerprint density at radius 2 is 2.00 bits per heavy atom. The van der Waals surface area contributed by atoms with Gasteiger partial charge in [0.1, 0.15) is 0 Å². The van der Waals surface area contributed by atoms with Gasteiger partial charge in [0.15, 0.2) is 0 Å². The molecule has 0 aliphatic rings. The summed E-state index contributed by atoms with van der Waals surface area (Å²) in [6, 6.07) is 0. The standard InChI is InChI=1S/C9H21NO/c1-5-9(3,10-4)7-8-11-6-2/h10H,5-8H2,1-4H3. The van der Waals surface area contributed by atoms with Crippen LogP contribution in [0.15, 0.2) is 0 Å². The average molecular weight is 159 g/mol. The first-order valence-corrected chi connectivity index (χ1v) is 4.45. The first-order valence-electron chi connectivity index (χ1n) is 4.45. The van der Waals surface area contributed by atoms with Gasteiger partial charge < -0.3 is 10.1 Å². The van der Waals surface area contributed by atoms with Gasteiger partial charge in [-0.2, -0.15) is 0 Å². The van der Waals surface area contributed by atoms with E-state index in [2.05, 4.69) is 19.2 Å². The van der Waals surface area contributed by atoms with Gasteiger partial charge in [0.25, 0.3) is 0 Å². The molecule has 0 amide bonds. The maximum Gasteiger partial charge on any atom is 0.0483 e. The second-order valence-electron chi connectivity index (χ2n) is 3.11. The third kappa shape index (κ3) is 4.38. The molecule has 68 valence electrons. The summed E-state index contributed by atoms with van der Waals surface area (Å²) in [5.74, 6) is 0.